The zero-order valence-electron chi connectivity index (χ0n) is 10.1. The van der Waals surface area contributed by atoms with Crippen LogP contribution in [-0.2, 0) is 6.42 Å². The standard InChI is InChI=1S/C14H16ClNO/c1-3-11-7-8-13(17-11)14(15)10(2)12-6-4-5-9-16-12/h4-10,14H,3H2,1-2H3. The van der Waals surface area contributed by atoms with E-state index in [4.69, 9.17) is 16.0 Å². The molecule has 2 rings (SSSR count). The number of aryl methyl sites for hydroxylation is 1. The lowest BCUT2D eigenvalue weighted by Gasteiger charge is -2.15. The number of halogens is 1. The second-order valence-corrected chi connectivity index (χ2v) is 4.57. The Bertz CT molecular complexity index is 466. The van der Waals surface area contributed by atoms with Crippen molar-refractivity contribution in [1.82, 2.24) is 4.98 Å². The zero-order chi connectivity index (χ0) is 12.3. The SMILES string of the molecule is CCc1ccc(C(Cl)C(C)c2ccccn2)o1. The van der Waals surface area contributed by atoms with Gasteiger partial charge in [-0.3, -0.25) is 4.98 Å². The van der Waals surface area contributed by atoms with Crippen molar-refractivity contribution in [3.05, 3.63) is 53.7 Å². The Morgan fingerprint density at radius 1 is 1.29 bits per heavy atom. The number of aromatic nitrogens is 1. The molecule has 0 fully saturated rings. The number of hydrogen-bond donors (Lipinski definition) is 0. The highest BCUT2D eigenvalue weighted by molar-refractivity contribution is 6.21. The van der Waals surface area contributed by atoms with E-state index in [1.54, 1.807) is 6.20 Å². The fourth-order valence-corrected chi connectivity index (χ4v) is 2.02. The van der Waals surface area contributed by atoms with Gasteiger partial charge in [-0.25, -0.2) is 0 Å². The van der Waals surface area contributed by atoms with E-state index in [9.17, 15) is 0 Å². The Morgan fingerprint density at radius 3 is 2.71 bits per heavy atom. The van der Waals surface area contributed by atoms with Crippen LogP contribution in [0.1, 0.15) is 42.4 Å². The molecule has 2 atom stereocenters. The first-order valence-electron chi connectivity index (χ1n) is 5.86. The summed E-state index contributed by atoms with van der Waals surface area (Å²) in [5.74, 6) is 1.93. The number of pyridine rings is 1. The van der Waals surface area contributed by atoms with E-state index in [1.807, 2.05) is 30.3 Å². The maximum absolute atomic E-state index is 6.43. The monoisotopic (exact) mass is 249 g/mol. The average molecular weight is 250 g/mol. The van der Waals surface area contributed by atoms with Gasteiger partial charge < -0.3 is 4.42 Å². The summed E-state index contributed by atoms with van der Waals surface area (Å²) in [6.45, 7) is 4.13. The predicted octanol–water partition coefficient (Wildman–Crippen LogP) is 4.32. The van der Waals surface area contributed by atoms with Crippen molar-refractivity contribution in [2.75, 3.05) is 0 Å². The van der Waals surface area contributed by atoms with E-state index in [2.05, 4.69) is 18.8 Å². The van der Waals surface area contributed by atoms with Gasteiger partial charge in [0.05, 0.1) is 5.38 Å². The number of furan rings is 1. The van der Waals surface area contributed by atoms with Crippen molar-refractivity contribution in [3.63, 3.8) is 0 Å². The summed E-state index contributed by atoms with van der Waals surface area (Å²) in [6.07, 6.45) is 2.68. The number of nitrogens with zero attached hydrogens (tertiary/aromatic N) is 1. The molecule has 0 aliphatic heterocycles. The third kappa shape index (κ3) is 2.70. The van der Waals surface area contributed by atoms with Gasteiger partial charge in [0.15, 0.2) is 0 Å². The van der Waals surface area contributed by atoms with Crippen molar-refractivity contribution in [2.45, 2.75) is 31.6 Å². The van der Waals surface area contributed by atoms with Crippen LogP contribution in [-0.4, -0.2) is 4.98 Å². The third-order valence-electron chi connectivity index (χ3n) is 2.90. The van der Waals surface area contributed by atoms with E-state index in [-0.39, 0.29) is 11.3 Å². The zero-order valence-corrected chi connectivity index (χ0v) is 10.8. The molecule has 0 aliphatic carbocycles. The molecule has 0 N–H and O–H groups in total. The highest BCUT2D eigenvalue weighted by Crippen LogP contribution is 2.35. The summed E-state index contributed by atoms with van der Waals surface area (Å²) >= 11 is 6.43. The van der Waals surface area contributed by atoms with Gasteiger partial charge in [0.25, 0.3) is 0 Å². The summed E-state index contributed by atoms with van der Waals surface area (Å²) in [6, 6.07) is 9.80. The molecule has 0 aromatic carbocycles. The molecule has 2 unspecified atom stereocenters. The van der Waals surface area contributed by atoms with E-state index in [1.165, 1.54) is 0 Å². The minimum absolute atomic E-state index is 0.133. The van der Waals surface area contributed by atoms with Crippen molar-refractivity contribution >= 4 is 11.6 Å². The van der Waals surface area contributed by atoms with Gasteiger partial charge in [-0.2, -0.15) is 0 Å². The second-order valence-electron chi connectivity index (χ2n) is 4.10. The normalized spacial score (nSPS) is 14.5. The van der Waals surface area contributed by atoms with Crippen LogP contribution in [0.2, 0.25) is 0 Å². The van der Waals surface area contributed by atoms with Crippen LogP contribution in [0.15, 0.2) is 40.9 Å². The maximum Gasteiger partial charge on any atom is 0.122 e. The molecule has 0 saturated carbocycles. The Balaban J connectivity index is 2.17. The number of hydrogen-bond acceptors (Lipinski definition) is 2. The highest BCUT2D eigenvalue weighted by atomic mass is 35.5. The van der Waals surface area contributed by atoms with E-state index in [0.717, 1.165) is 23.6 Å². The minimum atomic E-state index is -0.176. The van der Waals surface area contributed by atoms with Crippen LogP contribution >= 0.6 is 11.6 Å². The van der Waals surface area contributed by atoms with Crippen molar-refractivity contribution < 1.29 is 4.42 Å². The van der Waals surface area contributed by atoms with E-state index in [0.29, 0.717) is 0 Å². The maximum atomic E-state index is 6.43. The molecule has 0 aliphatic rings. The quantitative estimate of drug-likeness (QED) is 0.755. The molecular formula is C14H16ClNO. The van der Waals surface area contributed by atoms with Crippen LogP contribution in [0.3, 0.4) is 0 Å². The lowest BCUT2D eigenvalue weighted by Crippen LogP contribution is -2.03. The molecule has 0 bridgehead atoms. The molecular weight excluding hydrogens is 234 g/mol. The molecule has 0 saturated heterocycles. The van der Waals surface area contributed by atoms with Crippen LogP contribution in [0.5, 0.6) is 0 Å². The Morgan fingerprint density at radius 2 is 2.12 bits per heavy atom. The molecule has 2 heterocycles. The molecule has 17 heavy (non-hydrogen) atoms. The first-order valence-corrected chi connectivity index (χ1v) is 6.29. The van der Waals surface area contributed by atoms with Crippen molar-refractivity contribution in [1.29, 1.82) is 0 Å². The topological polar surface area (TPSA) is 26.0 Å². The van der Waals surface area contributed by atoms with Crippen molar-refractivity contribution in [2.24, 2.45) is 0 Å². The molecule has 0 radical (unpaired) electrons. The molecule has 2 nitrogen and oxygen atoms in total. The summed E-state index contributed by atoms with van der Waals surface area (Å²) in [4.78, 5) is 4.33. The van der Waals surface area contributed by atoms with E-state index < -0.39 is 0 Å². The Hall–Kier alpha value is -1.28. The van der Waals surface area contributed by atoms with Crippen LogP contribution < -0.4 is 0 Å². The van der Waals surface area contributed by atoms with Gasteiger partial charge in [-0.1, -0.05) is 19.9 Å². The summed E-state index contributed by atoms with van der Waals surface area (Å²) < 4.78 is 5.68. The van der Waals surface area contributed by atoms with Gasteiger partial charge >= 0.3 is 0 Å². The second kappa shape index (κ2) is 5.37. The fourth-order valence-electron chi connectivity index (χ4n) is 1.77. The Kier molecular flexibility index (Phi) is 3.85. The number of rotatable bonds is 4. The van der Waals surface area contributed by atoms with Crippen LogP contribution in [0, 0.1) is 0 Å². The largest absolute Gasteiger partial charge is 0.465 e. The van der Waals surface area contributed by atoms with Crippen LogP contribution in [0.4, 0.5) is 0 Å². The van der Waals surface area contributed by atoms with Gasteiger partial charge in [-0.15, -0.1) is 11.6 Å². The molecule has 0 amide bonds. The lowest BCUT2D eigenvalue weighted by molar-refractivity contribution is 0.449. The molecule has 90 valence electrons. The van der Waals surface area contributed by atoms with Gasteiger partial charge in [0.2, 0.25) is 0 Å². The highest BCUT2D eigenvalue weighted by Gasteiger charge is 2.22. The Labute approximate surface area is 107 Å². The van der Waals surface area contributed by atoms with Gasteiger partial charge in [0, 0.05) is 24.2 Å². The van der Waals surface area contributed by atoms with Gasteiger partial charge in [0.1, 0.15) is 11.5 Å². The predicted molar refractivity (Wildman–Crippen MR) is 69.3 cm³/mol. The smallest absolute Gasteiger partial charge is 0.122 e. The summed E-state index contributed by atoms with van der Waals surface area (Å²) in [7, 11) is 0. The molecule has 2 aromatic rings. The first kappa shape index (κ1) is 12.2. The average Bonchev–Trinajstić information content (AvgIpc) is 2.87. The molecule has 2 aromatic heterocycles. The molecule has 3 heteroatoms. The van der Waals surface area contributed by atoms with Crippen molar-refractivity contribution in [3.8, 4) is 0 Å². The number of alkyl halides is 1. The van der Waals surface area contributed by atoms with Gasteiger partial charge in [-0.05, 0) is 24.3 Å². The fraction of sp³-hybridized carbons (Fsp3) is 0.357. The third-order valence-corrected chi connectivity index (χ3v) is 3.49. The first-order chi connectivity index (χ1) is 8.22. The van der Waals surface area contributed by atoms with E-state index >= 15 is 0 Å². The van der Waals surface area contributed by atoms with Crippen LogP contribution in [0.25, 0.3) is 0 Å². The lowest BCUT2D eigenvalue weighted by atomic mass is 10.0. The molecule has 0 spiro atoms. The summed E-state index contributed by atoms with van der Waals surface area (Å²) in [5, 5.41) is -0.176. The minimum Gasteiger partial charge on any atom is -0.465 e. The summed E-state index contributed by atoms with van der Waals surface area (Å²) in [5.41, 5.74) is 0.988.